The summed E-state index contributed by atoms with van der Waals surface area (Å²) in [5, 5.41) is 54.4. The van der Waals surface area contributed by atoms with Gasteiger partial charge in [-0.15, -0.1) is 0 Å². The molecule has 2 rings (SSSR count). The van der Waals surface area contributed by atoms with Gasteiger partial charge in [0, 0.05) is 19.5 Å². The lowest BCUT2D eigenvalue weighted by atomic mass is 10.1. The zero-order valence-electron chi connectivity index (χ0n) is 18.5. The molecule has 0 radical (unpaired) electrons. The minimum atomic E-state index is -1.03. The minimum absolute atomic E-state index is 0.00337. The fraction of sp³-hybridized carbons (Fsp3) is 0.348. The molecular formula is C23H29N3O8. The summed E-state index contributed by atoms with van der Waals surface area (Å²) in [5.74, 6) is -2.64. The van der Waals surface area contributed by atoms with E-state index in [9.17, 15) is 34.8 Å². The third-order valence-electron chi connectivity index (χ3n) is 4.98. The standard InChI is InChI=1S/C23H29N3O8/c27-13-22(33)26-16(23(34)25-10-8-15-2-5-18(29)20(31)12-15)3-6-21(32)24-9-7-14-1-4-17(28)19(30)11-14/h1-2,4-5,11-12,16,27-31H,3,6-10,13H2,(H,24,32)(H,25,34)(H,26,33). The van der Waals surface area contributed by atoms with Crippen molar-refractivity contribution in [2.75, 3.05) is 19.7 Å². The second kappa shape index (κ2) is 12.9. The lowest BCUT2D eigenvalue weighted by Gasteiger charge is -2.18. The maximum atomic E-state index is 12.5. The molecule has 2 aromatic carbocycles. The summed E-state index contributed by atoms with van der Waals surface area (Å²) in [6.07, 6.45) is 0.713. The van der Waals surface area contributed by atoms with Crippen molar-refractivity contribution in [2.45, 2.75) is 31.7 Å². The molecule has 0 saturated carbocycles. The molecule has 8 N–H and O–H groups in total. The van der Waals surface area contributed by atoms with Crippen molar-refractivity contribution < 1.29 is 39.9 Å². The summed E-state index contributed by atoms with van der Waals surface area (Å²) < 4.78 is 0. The van der Waals surface area contributed by atoms with Crippen molar-refractivity contribution in [1.29, 1.82) is 0 Å². The van der Waals surface area contributed by atoms with Gasteiger partial charge in [-0.2, -0.15) is 0 Å². The van der Waals surface area contributed by atoms with Crippen LogP contribution in [0.3, 0.4) is 0 Å². The first kappa shape index (κ1) is 26.3. The van der Waals surface area contributed by atoms with Gasteiger partial charge in [0.05, 0.1) is 0 Å². The molecular weight excluding hydrogens is 446 g/mol. The third kappa shape index (κ3) is 8.51. The van der Waals surface area contributed by atoms with Gasteiger partial charge in [-0.3, -0.25) is 14.4 Å². The molecule has 11 nitrogen and oxygen atoms in total. The fourth-order valence-electron chi connectivity index (χ4n) is 3.12. The average Bonchev–Trinajstić information content (AvgIpc) is 2.81. The van der Waals surface area contributed by atoms with Crippen molar-refractivity contribution >= 4 is 17.7 Å². The van der Waals surface area contributed by atoms with E-state index in [1.165, 1.54) is 24.3 Å². The van der Waals surface area contributed by atoms with Crippen molar-refractivity contribution in [3.05, 3.63) is 47.5 Å². The molecule has 1 atom stereocenters. The van der Waals surface area contributed by atoms with Gasteiger partial charge < -0.3 is 41.5 Å². The highest BCUT2D eigenvalue weighted by molar-refractivity contribution is 5.88. The number of amides is 3. The number of rotatable bonds is 12. The normalized spacial score (nSPS) is 11.4. The Bertz CT molecular complexity index is 1010. The molecule has 0 fully saturated rings. The summed E-state index contributed by atoms with van der Waals surface area (Å²) in [4.78, 5) is 36.2. The number of aromatic hydroxyl groups is 4. The molecule has 34 heavy (non-hydrogen) atoms. The van der Waals surface area contributed by atoms with Crippen LogP contribution < -0.4 is 16.0 Å². The monoisotopic (exact) mass is 475 g/mol. The van der Waals surface area contributed by atoms with E-state index in [4.69, 9.17) is 5.11 Å². The Hall–Kier alpha value is -3.99. The van der Waals surface area contributed by atoms with Gasteiger partial charge in [0.15, 0.2) is 23.0 Å². The summed E-state index contributed by atoms with van der Waals surface area (Å²) >= 11 is 0. The van der Waals surface area contributed by atoms with Crippen LogP contribution in [0.15, 0.2) is 36.4 Å². The largest absolute Gasteiger partial charge is 0.504 e. The summed E-state index contributed by atoms with van der Waals surface area (Å²) in [6, 6.07) is 7.63. The average molecular weight is 475 g/mol. The van der Waals surface area contributed by atoms with Crippen LogP contribution in [0.2, 0.25) is 0 Å². The van der Waals surface area contributed by atoms with Crippen molar-refractivity contribution in [1.82, 2.24) is 16.0 Å². The van der Waals surface area contributed by atoms with E-state index in [1.54, 1.807) is 12.1 Å². The van der Waals surface area contributed by atoms with Crippen LogP contribution in [0, 0.1) is 0 Å². The van der Waals surface area contributed by atoms with Gasteiger partial charge in [0.25, 0.3) is 0 Å². The van der Waals surface area contributed by atoms with Crippen LogP contribution in [-0.4, -0.2) is 69.0 Å². The quantitative estimate of drug-likeness (QED) is 0.193. The van der Waals surface area contributed by atoms with Gasteiger partial charge in [0.2, 0.25) is 17.7 Å². The number of nitrogens with one attached hydrogen (secondary N) is 3. The summed E-state index contributed by atoms with van der Waals surface area (Å²) in [6.45, 7) is -0.356. The number of carbonyl (C=O) groups excluding carboxylic acids is 3. The van der Waals surface area contributed by atoms with Gasteiger partial charge in [-0.1, -0.05) is 12.1 Å². The molecule has 1 unspecified atom stereocenters. The highest BCUT2D eigenvalue weighted by Gasteiger charge is 2.21. The van der Waals surface area contributed by atoms with E-state index >= 15 is 0 Å². The topological polar surface area (TPSA) is 188 Å². The zero-order valence-corrected chi connectivity index (χ0v) is 18.5. The first-order valence-corrected chi connectivity index (χ1v) is 10.7. The summed E-state index contributed by atoms with van der Waals surface area (Å²) in [7, 11) is 0. The Morgan fingerprint density at radius 2 is 1.26 bits per heavy atom. The second-order valence-electron chi connectivity index (χ2n) is 7.60. The van der Waals surface area contributed by atoms with E-state index in [0.717, 1.165) is 0 Å². The summed E-state index contributed by atoms with van der Waals surface area (Å²) in [5.41, 5.74) is 1.39. The molecule has 0 bridgehead atoms. The number of aliphatic hydroxyl groups is 1. The van der Waals surface area contributed by atoms with Crippen LogP contribution in [0.4, 0.5) is 0 Å². The molecule has 0 aliphatic heterocycles. The van der Waals surface area contributed by atoms with Gasteiger partial charge in [-0.05, 0) is 54.7 Å². The Balaban J connectivity index is 1.80. The van der Waals surface area contributed by atoms with E-state index in [1.807, 2.05) is 0 Å². The lowest BCUT2D eigenvalue weighted by Crippen LogP contribution is -2.48. The molecule has 0 saturated heterocycles. The van der Waals surface area contributed by atoms with Gasteiger partial charge >= 0.3 is 0 Å². The number of hydrogen-bond donors (Lipinski definition) is 8. The predicted molar refractivity (Wildman–Crippen MR) is 121 cm³/mol. The minimum Gasteiger partial charge on any atom is -0.504 e. The van der Waals surface area contributed by atoms with Crippen LogP contribution in [0.1, 0.15) is 24.0 Å². The predicted octanol–water partition coefficient (Wildman–Crippen LogP) is -0.216. The van der Waals surface area contributed by atoms with Crippen LogP contribution in [0.5, 0.6) is 23.0 Å². The number of aliphatic hydroxyl groups excluding tert-OH is 1. The molecule has 3 amide bonds. The maximum Gasteiger partial charge on any atom is 0.246 e. The Morgan fingerprint density at radius 1 is 0.735 bits per heavy atom. The number of benzene rings is 2. The van der Waals surface area contributed by atoms with E-state index in [-0.39, 0.29) is 54.8 Å². The maximum absolute atomic E-state index is 12.5. The van der Waals surface area contributed by atoms with Crippen molar-refractivity contribution in [3.8, 4) is 23.0 Å². The van der Waals surface area contributed by atoms with Gasteiger partial charge in [0.1, 0.15) is 12.6 Å². The number of phenolic OH excluding ortho intramolecular Hbond substituents is 4. The fourth-order valence-corrected chi connectivity index (χ4v) is 3.12. The second-order valence-corrected chi connectivity index (χ2v) is 7.60. The Labute approximate surface area is 196 Å². The van der Waals surface area contributed by atoms with Crippen molar-refractivity contribution in [2.24, 2.45) is 0 Å². The van der Waals surface area contributed by atoms with Crippen molar-refractivity contribution in [3.63, 3.8) is 0 Å². The highest BCUT2D eigenvalue weighted by Crippen LogP contribution is 2.25. The molecule has 184 valence electrons. The zero-order chi connectivity index (χ0) is 25.1. The van der Waals surface area contributed by atoms with E-state index in [0.29, 0.717) is 24.0 Å². The smallest absolute Gasteiger partial charge is 0.246 e. The van der Waals surface area contributed by atoms with Crippen LogP contribution in [-0.2, 0) is 27.2 Å². The Morgan fingerprint density at radius 3 is 1.76 bits per heavy atom. The van der Waals surface area contributed by atoms with Crippen LogP contribution >= 0.6 is 0 Å². The SMILES string of the molecule is O=C(CCC(NC(=O)CO)C(=O)NCCc1ccc(O)c(O)c1)NCCc1ccc(O)c(O)c1. The highest BCUT2D eigenvalue weighted by atomic mass is 16.3. The Kier molecular flexibility index (Phi) is 9.96. The molecule has 11 heteroatoms. The number of hydrogen-bond acceptors (Lipinski definition) is 8. The number of phenols is 4. The van der Waals surface area contributed by atoms with E-state index in [2.05, 4.69) is 16.0 Å². The molecule has 0 aromatic heterocycles. The lowest BCUT2D eigenvalue weighted by molar-refractivity contribution is -0.131. The molecule has 0 aliphatic rings. The molecule has 0 aliphatic carbocycles. The molecule has 2 aromatic rings. The third-order valence-corrected chi connectivity index (χ3v) is 4.98. The molecule has 0 heterocycles. The molecule has 0 spiro atoms. The first-order chi connectivity index (χ1) is 16.2. The van der Waals surface area contributed by atoms with Gasteiger partial charge in [-0.25, -0.2) is 0 Å². The first-order valence-electron chi connectivity index (χ1n) is 10.7. The van der Waals surface area contributed by atoms with E-state index < -0.39 is 24.5 Å². The number of carbonyl (C=O) groups is 3. The van der Waals surface area contributed by atoms with Crippen LogP contribution in [0.25, 0.3) is 0 Å².